The van der Waals surface area contributed by atoms with Gasteiger partial charge in [-0.2, -0.15) is 0 Å². The number of nitrogens with zero attached hydrogens (tertiary/aromatic N) is 6. The zero-order valence-corrected chi connectivity index (χ0v) is 16.1. The number of amides is 2. The van der Waals surface area contributed by atoms with Crippen molar-refractivity contribution in [1.82, 2.24) is 29.3 Å². The van der Waals surface area contributed by atoms with Gasteiger partial charge in [-0.15, -0.1) is 0 Å². The molecule has 0 spiro atoms. The molecule has 1 aliphatic rings. The highest BCUT2D eigenvalue weighted by atomic mass is 16.2. The van der Waals surface area contributed by atoms with Crippen LogP contribution in [0.1, 0.15) is 41.8 Å². The molecule has 8 nitrogen and oxygen atoms in total. The molecule has 8 heteroatoms. The molecular formula is C19H26N6O2. The highest BCUT2D eigenvalue weighted by Gasteiger charge is 2.29. The van der Waals surface area contributed by atoms with E-state index in [0.717, 1.165) is 30.9 Å². The second kappa shape index (κ2) is 8.28. The lowest BCUT2D eigenvalue weighted by atomic mass is 10.0. The van der Waals surface area contributed by atoms with Crippen molar-refractivity contribution in [3.63, 3.8) is 0 Å². The van der Waals surface area contributed by atoms with Crippen LogP contribution in [0, 0.1) is 13.8 Å². The number of piperidine rings is 1. The van der Waals surface area contributed by atoms with Gasteiger partial charge in [0.25, 0.3) is 5.91 Å². The standard InChI is InChI=1S/C19H26N6O2/c1-14-12-22-18(13-21-14)19(27)24-7-4-17(5-8-24)25(16(3)26)11-10-23-9-6-20-15(23)2/h6,9,12-13,17H,4-5,7-8,10-11H2,1-3H3. The van der Waals surface area contributed by atoms with Crippen LogP contribution >= 0.6 is 0 Å². The Morgan fingerprint density at radius 2 is 1.89 bits per heavy atom. The van der Waals surface area contributed by atoms with E-state index in [1.807, 2.05) is 29.5 Å². The molecule has 1 aliphatic heterocycles. The van der Waals surface area contributed by atoms with Gasteiger partial charge in [0.05, 0.1) is 11.9 Å². The van der Waals surface area contributed by atoms with Crippen molar-refractivity contribution >= 4 is 11.8 Å². The van der Waals surface area contributed by atoms with Crippen molar-refractivity contribution < 1.29 is 9.59 Å². The lowest BCUT2D eigenvalue weighted by Gasteiger charge is -2.38. The van der Waals surface area contributed by atoms with E-state index >= 15 is 0 Å². The number of hydrogen-bond acceptors (Lipinski definition) is 5. The number of hydrogen-bond donors (Lipinski definition) is 0. The van der Waals surface area contributed by atoms with Gasteiger partial charge in [0.2, 0.25) is 5.91 Å². The maximum atomic E-state index is 12.6. The molecule has 0 radical (unpaired) electrons. The molecular weight excluding hydrogens is 344 g/mol. The molecule has 2 aromatic rings. The summed E-state index contributed by atoms with van der Waals surface area (Å²) >= 11 is 0. The first-order chi connectivity index (χ1) is 13.0. The third-order valence-corrected chi connectivity index (χ3v) is 5.10. The Kier molecular flexibility index (Phi) is 5.83. The van der Waals surface area contributed by atoms with Crippen LogP contribution in [0.25, 0.3) is 0 Å². The molecule has 0 aliphatic carbocycles. The molecule has 0 N–H and O–H groups in total. The average molecular weight is 370 g/mol. The normalized spacial score (nSPS) is 15.0. The maximum absolute atomic E-state index is 12.6. The topological polar surface area (TPSA) is 84.2 Å². The number of likely N-dealkylation sites (tertiary alicyclic amines) is 1. The van der Waals surface area contributed by atoms with Crippen LogP contribution in [0.4, 0.5) is 0 Å². The quantitative estimate of drug-likeness (QED) is 0.795. The first-order valence-electron chi connectivity index (χ1n) is 9.28. The monoisotopic (exact) mass is 370 g/mol. The molecule has 2 aromatic heterocycles. The fraction of sp³-hybridized carbons (Fsp3) is 0.526. The van der Waals surface area contributed by atoms with Crippen molar-refractivity contribution in [3.05, 3.63) is 42.0 Å². The van der Waals surface area contributed by atoms with Gasteiger partial charge in [-0.05, 0) is 26.7 Å². The Morgan fingerprint density at radius 1 is 1.15 bits per heavy atom. The summed E-state index contributed by atoms with van der Waals surface area (Å²) in [4.78, 5) is 41.0. The van der Waals surface area contributed by atoms with Crippen molar-refractivity contribution in [2.75, 3.05) is 19.6 Å². The van der Waals surface area contributed by atoms with Crippen LogP contribution in [-0.2, 0) is 11.3 Å². The molecule has 3 heterocycles. The minimum Gasteiger partial charge on any atom is -0.338 e. The summed E-state index contributed by atoms with van der Waals surface area (Å²) in [6.07, 6.45) is 8.37. The first-order valence-corrected chi connectivity index (χ1v) is 9.28. The Hall–Kier alpha value is -2.77. The third kappa shape index (κ3) is 4.50. The van der Waals surface area contributed by atoms with Gasteiger partial charge in [0.15, 0.2) is 0 Å². The lowest BCUT2D eigenvalue weighted by Crippen LogP contribution is -2.49. The predicted octanol–water partition coefficient (Wildman–Crippen LogP) is 1.44. The largest absolute Gasteiger partial charge is 0.338 e. The van der Waals surface area contributed by atoms with Crippen LogP contribution < -0.4 is 0 Å². The molecule has 1 fully saturated rings. The zero-order valence-electron chi connectivity index (χ0n) is 16.1. The average Bonchev–Trinajstić information content (AvgIpc) is 3.07. The number of rotatable bonds is 5. The molecule has 0 aromatic carbocycles. The Labute approximate surface area is 159 Å². The van der Waals surface area contributed by atoms with Gasteiger partial charge in [-0.3, -0.25) is 14.6 Å². The minimum absolute atomic E-state index is 0.0712. The smallest absolute Gasteiger partial charge is 0.274 e. The van der Waals surface area contributed by atoms with Gasteiger partial charge in [-0.1, -0.05) is 0 Å². The molecule has 0 saturated carbocycles. The van der Waals surface area contributed by atoms with E-state index in [1.54, 1.807) is 24.2 Å². The van der Waals surface area contributed by atoms with Gasteiger partial charge in [0, 0.05) is 57.7 Å². The van der Waals surface area contributed by atoms with Crippen LogP contribution in [0.15, 0.2) is 24.8 Å². The first kappa shape index (κ1) is 19.0. The summed E-state index contributed by atoms with van der Waals surface area (Å²) < 4.78 is 2.05. The molecule has 0 atom stereocenters. The van der Waals surface area contributed by atoms with Gasteiger partial charge < -0.3 is 14.4 Å². The Morgan fingerprint density at radius 3 is 2.44 bits per heavy atom. The number of aromatic nitrogens is 4. The molecule has 3 rings (SSSR count). The van der Waals surface area contributed by atoms with Crippen molar-refractivity contribution in [2.45, 2.75) is 46.2 Å². The fourth-order valence-corrected chi connectivity index (χ4v) is 3.50. The molecule has 144 valence electrons. The Balaban J connectivity index is 1.57. The third-order valence-electron chi connectivity index (χ3n) is 5.10. The van der Waals surface area contributed by atoms with E-state index in [1.165, 1.54) is 6.20 Å². The van der Waals surface area contributed by atoms with Gasteiger partial charge in [-0.25, -0.2) is 9.97 Å². The summed E-state index contributed by atoms with van der Waals surface area (Å²) in [5.41, 5.74) is 1.16. The molecule has 0 unspecified atom stereocenters. The van der Waals surface area contributed by atoms with Crippen molar-refractivity contribution in [2.24, 2.45) is 0 Å². The van der Waals surface area contributed by atoms with Crippen LogP contribution in [0.2, 0.25) is 0 Å². The SMILES string of the molecule is CC(=O)N(CCn1ccnc1C)C1CCN(C(=O)c2cnc(C)cn2)CC1. The predicted molar refractivity (Wildman–Crippen MR) is 100 cm³/mol. The number of aryl methyl sites for hydroxylation is 2. The summed E-state index contributed by atoms with van der Waals surface area (Å²) in [7, 11) is 0. The van der Waals surface area contributed by atoms with E-state index in [2.05, 4.69) is 15.0 Å². The zero-order chi connectivity index (χ0) is 19.4. The molecule has 0 bridgehead atoms. The molecule has 1 saturated heterocycles. The van der Waals surface area contributed by atoms with E-state index < -0.39 is 0 Å². The van der Waals surface area contributed by atoms with E-state index in [9.17, 15) is 9.59 Å². The summed E-state index contributed by atoms with van der Waals surface area (Å²) in [6, 6.07) is 0.152. The van der Waals surface area contributed by atoms with Gasteiger partial charge >= 0.3 is 0 Å². The van der Waals surface area contributed by atoms with Crippen LogP contribution in [0.3, 0.4) is 0 Å². The summed E-state index contributed by atoms with van der Waals surface area (Å²) in [5, 5.41) is 0. The van der Waals surface area contributed by atoms with Crippen LogP contribution in [0.5, 0.6) is 0 Å². The van der Waals surface area contributed by atoms with E-state index in [0.29, 0.717) is 25.3 Å². The minimum atomic E-state index is -0.0932. The number of imidazole rings is 1. The second-order valence-electron chi connectivity index (χ2n) is 6.95. The van der Waals surface area contributed by atoms with E-state index in [4.69, 9.17) is 0 Å². The fourth-order valence-electron chi connectivity index (χ4n) is 3.50. The van der Waals surface area contributed by atoms with Crippen molar-refractivity contribution in [3.8, 4) is 0 Å². The lowest BCUT2D eigenvalue weighted by molar-refractivity contribution is -0.132. The van der Waals surface area contributed by atoms with E-state index in [-0.39, 0.29) is 17.9 Å². The number of carbonyl (C=O) groups excluding carboxylic acids is 2. The second-order valence-corrected chi connectivity index (χ2v) is 6.95. The highest BCUT2D eigenvalue weighted by Crippen LogP contribution is 2.18. The number of carbonyl (C=O) groups is 2. The van der Waals surface area contributed by atoms with Crippen LogP contribution in [-0.4, -0.2) is 66.8 Å². The highest BCUT2D eigenvalue weighted by molar-refractivity contribution is 5.92. The maximum Gasteiger partial charge on any atom is 0.274 e. The van der Waals surface area contributed by atoms with Crippen molar-refractivity contribution in [1.29, 1.82) is 0 Å². The molecule has 27 heavy (non-hydrogen) atoms. The van der Waals surface area contributed by atoms with Gasteiger partial charge in [0.1, 0.15) is 11.5 Å². The summed E-state index contributed by atoms with van der Waals surface area (Å²) in [6.45, 7) is 8.02. The summed E-state index contributed by atoms with van der Waals surface area (Å²) in [5.74, 6) is 0.921. The molecule has 2 amide bonds. The Bertz CT molecular complexity index is 793.